The summed E-state index contributed by atoms with van der Waals surface area (Å²) >= 11 is 0. The van der Waals surface area contributed by atoms with E-state index >= 15 is 0 Å². The Morgan fingerprint density at radius 2 is 1.60 bits per heavy atom. The van der Waals surface area contributed by atoms with E-state index in [9.17, 15) is 9.59 Å². The molecule has 0 fully saturated rings. The highest BCUT2D eigenvalue weighted by molar-refractivity contribution is 6.06. The van der Waals surface area contributed by atoms with E-state index in [-0.39, 0.29) is 11.1 Å². The molecule has 0 aliphatic heterocycles. The summed E-state index contributed by atoms with van der Waals surface area (Å²) in [6, 6.07) is 0. The van der Waals surface area contributed by atoms with Crippen molar-refractivity contribution in [3.05, 3.63) is 23.3 Å². The molecule has 15 heavy (non-hydrogen) atoms. The van der Waals surface area contributed by atoms with Crippen LogP contribution in [0.4, 0.5) is 0 Å². The molecule has 0 rings (SSSR count). The normalized spacial score (nSPS) is 12.3. The van der Waals surface area contributed by atoms with Gasteiger partial charge in [0.1, 0.15) is 0 Å². The molecule has 0 atom stereocenters. The number of hydrogen-bond acceptors (Lipinski definition) is 6. The molecule has 4 N–H and O–H groups in total. The van der Waals surface area contributed by atoms with E-state index in [0.29, 0.717) is 6.42 Å². The van der Waals surface area contributed by atoms with Crippen LogP contribution in [0.15, 0.2) is 23.3 Å². The molecule has 0 unspecified atom stereocenters. The molecule has 0 saturated carbocycles. The Labute approximate surface area is 87.4 Å². The molecule has 0 bridgehead atoms. The zero-order valence-electron chi connectivity index (χ0n) is 8.65. The maximum absolute atomic E-state index is 11.2. The fourth-order valence-electron chi connectivity index (χ4n) is 1.02. The van der Waals surface area contributed by atoms with Crippen molar-refractivity contribution in [3.8, 4) is 0 Å². The van der Waals surface area contributed by atoms with Crippen LogP contribution >= 0.6 is 0 Å². The van der Waals surface area contributed by atoms with Crippen molar-refractivity contribution >= 4 is 11.9 Å². The van der Waals surface area contributed by atoms with E-state index in [2.05, 4.69) is 9.68 Å². The van der Waals surface area contributed by atoms with Crippen LogP contribution in [-0.4, -0.2) is 11.9 Å². The van der Waals surface area contributed by atoms with Crippen molar-refractivity contribution in [2.75, 3.05) is 0 Å². The first-order chi connectivity index (χ1) is 7.12. The lowest BCUT2D eigenvalue weighted by Gasteiger charge is -2.06. The van der Waals surface area contributed by atoms with Crippen LogP contribution in [0.2, 0.25) is 0 Å². The third kappa shape index (κ3) is 3.53. The summed E-state index contributed by atoms with van der Waals surface area (Å²) in [4.78, 5) is 30.5. The Bertz CT molecular complexity index is 307. The van der Waals surface area contributed by atoms with Crippen molar-refractivity contribution in [2.45, 2.75) is 20.3 Å². The maximum atomic E-state index is 11.2. The average molecular weight is 214 g/mol. The van der Waals surface area contributed by atoms with Crippen molar-refractivity contribution < 1.29 is 19.3 Å². The summed E-state index contributed by atoms with van der Waals surface area (Å²) in [6.45, 7) is 3.37. The minimum atomic E-state index is -0.817. The molecule has 0 saturated heterocycles. The summed E-state index contributed by atoms with van der Waals surface area (Å²) in [5.74, 6) is 7.83. The van der Waals surface area contributed by atoms with Gasteiger partial charge in [0.25, 0.3) is 0 Å². The quantitative estimate of drug-likeness (QED) is 0.390. The minimum absolute atomic E-state index is 0.0230. The molecular formula is C9H14N2O4. The molecule has 0 aliphatic carbocycles. The second-order valence-corrected chi connectivity index (χ2v) is 2.54. The fourth-order valence-corrected chi connectivity index (χ4v) is 1.02. The van der Waals surface area contributed by atoms with E-state index in [0.717, 1.165) is 0 Å². The maximum Gasteiger partial charge on any atom is 0.357 e. The number of nitrogens with two attached hydrogens (primary N) is 2. The van der Waals surface area contributed by atoms with Gasteiger partial charge in [-0.1, -0.05) is 19.1 Å². The predicted molar refractivity (Wildman–Crippen MR) is 52.7 cm³/mol. The molecule has 0 spiro atoms. The van der Waals surface area contributed by atoms with E-state index in [1.807, 2.05) is 0 Å². The summed E-state index contributed by atoms with van der Waals surface area (Å²) < 4.78 is 0. The van der Waals surface area contributed by atoms with Crippen molar-refractivity contribution in [2.24, 2.45) is 11.8 Å². The largest absolute Gasteiger partial charge is 0.370 e. The number of carbonyl (C=O) groups is 2. The van der Waals surface area contributed by atoms with Gasteiger partial charge >= 0.3 is 11.9 Å². The number of hydrogen-bond donors (Lipinski definition) is 2. The van der Waals surface area contributed by atoms with E-state index < -0.39 is 11.9 Å². The van der Waals surface area contributed by atoms with Crippen molar-refractivity contribution in [3.63, 3.8) is 0 Å². The Morgan fingerprint density at radius 3 is 1.93 bits per heavy atom. The van der Waals surface area contributed by atoms with Gasteiger partial charge in [-0.3, -0.25) is 0 Å². The zero-order chi connectivity index (χ0) is 11.8. The van der Waals surface area contributed by atoms with Gasteiger partial charge in [-0.25, -0.2) is 9.59 Å². The lowest BCUT2D eigenvalue weighted by atomic mass is 10.1. The van der Waals surface area contributed by atoms with Crippen LogP contribution in [0.5, 0.6) is 0 Å². The van der Waals surface area contributed by atoms with Gasteiger partial charge in [0.15, 0.2) is 0 Å². The van der Waals surface area contributed by atoms with E-state index in [1.54, 1.807) is 13.8 Å². The second-order valence-electron chi connectivity index (χ2n) is 2.54. The Hall–Kier alpha value is -1.66. The Morgan fingerprint density at radius 1 is 1.13 bits per heavy atom. The van der Waals surface area contributed by atoms with Gasteiger partial charge in [-0.2, -0.15) is 11.8 Å². The third-order valence-corrected chi connectivity index (χ3v) is 1.64. The first-order valence-corrected chi connectivity index (χ1v) is 4.31. The number of carbonyl (C=O) groups excluding carboxylic acids is 2. The van der Waals surface area contributed by atoms with Crippen LogP contribution in [0.25, 0.3) is 0 Å². The first-order valence-electron chi connectivity index (χ1n) is 4.31. The van der Waals surface area contributed by atoms with Gasteiger partial charge in [0, 0.05) is 0 Å². The molecule has 6 heteroatoms. The monoisotopic (exact) mass is 214 g/mol. The van der Waals surface area contributed by atoms with Gasteiger partial charge in [0.2, 0.25) is 0 Å². The molecule has 0 heterocycles. The topological polar surface area (TPSA) is 105 Å². The first kappa shape index (κ1) is 13.3. The molecule has 0 amide bonds. The Balaban J connectivity index is 5.15. The molecule has 0 aromatic heterocycles. The summed E-state index contributed by atoms with van der Waals surface area (Å²) in [5, 5.41) is 0. The molecule has 0 aromatic carbocycles. The van der Waals surface area contributed by atoms with Gasteiger partial charge in [-0.05, 0) is 13.3 Å². The van der Waals surface area contributed by atoms with Crippen LogP contribution in [0.3, 0.4) is 0 Å². The molecule has 6 nitrogen and oxygen atoms in total. The second kappa shape index (κ2) is 6.74. The molecule has 0 radical (unpaired) electrons. The smallest absolute Gasteiger partial charge is 0.357 e. The van der Waals surface area contributed by atoms with Crippen LogP contribution in [-0.2, 0) is 19.3 Å². The number of rotatable bonds is 4. The van der Waals surface area contributed by atoms with E-state index in [1.165, 1.54) is 12.2 Å². The number of allylic oxidation sites excluding steroid dienone is 2. The molecular weight excluding hydrogens is 200 g/mol. The highest BCUT2D eigenvalue weighted by Gasteiger charge is 2.21. The molecule has 84 valence electrons. The highest BCUT2D eigenvalue weighted by atomic mass is 16.7. The fraction of sp³-hybridized carbons (Fsp3) is 0.333. The minimum Gasteiger partial charge on any atom is -0.370 e. The summed E-state index contributed by atoms with van der Waals surface area (Å²) in [6.07, 6.45) is 3.44. The van der Waals surface area contributed by atoms with Crippen LogP contribution in [0, 0.1) is 0 Å². The van der Waals surface area contributed by atoms with Gasteiger partial charge in [-0.15, -0.1) is 0 Å². The molecule has 0 aromatic rings. The lowest BCUT2D eigenvalue weighted by molar-refractivity contribution is -0.143. The standard InChI is InChI=1S/C9H14N2O4/c1-3-5-7(9(13)15-11)6(4-2)8(12)14-10/h4-5H,3,10-11H2,1-2H3. The molecule has 0 aliphatic rings. The van der Waals surface area contributed by atoms with Crippen LogP contribution in [0.1, 0.15) is 20.3 Å². The zero-order valence-corrected chi connectivity index (χ0v) is 8.65. The summed E-state index contributed by atoms with van der Waals surface area (Å²) in [5.41, 5.74) is 0.0627. The summed E-state index contributed by atoms with van der Waals surface area (Å²) in [7, 11) is 0. The highest BCUT2D eigenvalue weighted by Crippen LogP contribution is 2.13. The Kier molecular flexibility index (Phi) is 6.00. The van der Waals surface area contributed by atoms with E-state index in [4.69, 9.17) is 11.8 Å². The third-order valence-electron chi connectivity index (χ3n) is 1.64. The van der Waals surface area contributed by atoms with Crippen molar-refractivity contribution in [1.29, 1.82) is 0 Å². The predicted octanol–water partition coefficient (Wildman–Crippen LogP) is 0.103. The van der Waals surface area contributed by atoms with Gasteiger partial charge in [0.05, 0.1) is 11.1 Å². The average Bonchev–Trinajstić information content (AvgIpc) is 2.27. The SMILES string of the molecule is CC=C(C(=O)ON)C(=CCC)C(=O)ON. The van der Waals surface area contributed by atoms with Crippen molar-refractivity contribution in [1.82, 2.24) is 0 Å². The van der Waals surface area contributed by atoms with Gasteiger partial charge < -0.3 is 9.68 Å². The lowest BCUT2D eigenvalue weighted by Crippen LogP contribution is -2.20. The van der Waals surface area contributed by atoms with Crippen LogP contribution < -0.4 is 11.8 Å².